The van der Waals surface area contributed by atoms with Crippen molar-refractivity contribution in [3.63, 3.8) is 0 Å². The fourth-order valence-corrected chi connectivity index (χ4v) is 4.65. The molecule has 0 bridgehead atoms. The van der Waals surface area contributed by atoms with Crippen molar-refractivity contribution >= 4 is 15.7 Å². The second kappa shape index (κ2) is 9.21. The van der Waals surface area contributed by atoms with Crippen LogP contribution in [0.4, 0.5) is 13.2 Å². The third-order valence-corrected chi connectivity index (χ3v) is 7.19. The topological polar surface area (TPSA) is 114 Å². The summed E-state index contributed by atoms with van der Waals surface area (Å²) in [6.07, 6.45) is 5.51. The second-order valence-corrected chi connectivity index (χ2v) is 10.0. The van der Waals surface area contributed by atoms with Crippen LogP contribution >= 0.6 is 0 Å². The predicted octanol–water partition coefficient (Wildman–Crippen LogP) is 2.71. The first-order valence-electron chi connectivity index (χ1n) is 10.7. The minimum absolute atomic E-state index is 0.0112. The van der Waals surface area contributed by atoms with E-state index < -0.39 is 31.8 Å². The highest BCUT2D eigenvalue weighted by Gasteiger charge is 2.46. The quantitative estimate of drug-likeness (QED) is 0.565. The number of aromatic hydroxyl groups is 1. The normalized spacial score (nSPS) is 14.8. The lowest BCUT2D eigenvalue weighted by Crippen LogP contribution is -2.36. The van der Waals surface area contributed by atoms with Gasteiger partial charge in [-0.25, -0.2) is 17.8 Å². The number of aromatic nitrogens is 3. The first kappa shape index (κ1) is 24.5. The van der Waals surface area contributed by atoms with Crippen LogP contribution in [0.25, 0.3) is 5.69 Å². The average molecular weight is 510 g/mol. The molecule has 186 valence electrons. The number of benzene rings is 1. The Hall–Kier alpha value is -3.61. The van der Waals surface area contributed by atoms with Gasteiger partial charge < -0.3 is 10.0 Å². The van der Waals surface area contributed by atoms with Crippen molar-refractivity contribution in [2.45, 2.75) is 36.2 Å². The predicted molar refractivity (Wildman–Crippen MR) is 118 cm³/mol. The van der Waals surface area contributed by atoms with Crippen molar-refractivity contribution in [3.05, 3.63) is 70.5 Å². The monoisotopic (exact) mass is 510 g/mol. The van der Waals surface area contributed by atoms with E-state index >= 15 is 0 Å². The molecule has 1 aliphatic rings. The van der Waals surface area contributed by atoms with E-state index in [0.717, 1.165) is 46.7 Å². The summed E-state index contributed by atoms with van der Waals surface area (Å²) < 4.78 is 63.3. The fraction of sp³-hybridized carbons (Fsp3) is 0.318. The molecule has 0 spiro atoms. The van der Waals surface area contributed by atoms with E-state index in [-0.39, 0.29) is 23.8 Å². The summed E-state index contributed by atoms with van der Waals surface area (Å²) in [4.78, 5) is 30.5. The third kappa shape index (κ3) is 4.81. The number of carbonyl (C=O) groups is 1. The Balaban J connectivity index is 1.58. The Bertz CT molecular complexity index is 1410. The number of alkyl halides is 3. The molecule has 3 aromatic rings. The molecule has 1 amide bonds. The number of rotatable bonds is 5. The number of hydrogen-bond donors (Lipinski definition) is 1. The lowest BCUT2D eigenvalue weighted by molar-refractivity contribution is -0.0436. The molecule has 13 heteroatoms. The molecule has 0 saturated carbocycles. The van der Waals surface area contributed by atoms with Gasteiger partial charge in [-0.1, -0.05) is 0 Å². The summed E-state index contributed by atoms with van der Waals surface area (Å²) in [5, 5.41) is 10.3. The fourth-order valence-electron chi connectivity index (χ4n) is 3.89. The van der Waals surface area contributed by atoms with Gasteiger partial charge in [0.1, 0.15) is 5.69 Å². The summed E-state index contributed by atoms with van der Waals surface area (Å²) in [6, 6.07) is 6.59. The van der Waals surface area contributed by atoms with Crippen molar-refractivity contribution < 1.29 is 31.5 Å². The molecule has 1 saturated heterocycles. The molecule has 1 aliphatic heterocycles. The van der Waals surface area contributed by atoms with Crippen molar-refractivity contribution in [1.82, 2.24) is 19.0 Å². The number of imidazole rings is 1. The van der Waals surface area contributed by atoms with Crippen molar-refractivity contribution in [2.75, 3.05) is 13.1 Å². The van der Waals surface area contributed by atoms with Crippen LogP contribution in [-0.2, 0) is 16.4 Å². The minimum Gasteiger partial charge on any atom is -0.493 e. The standard InChI is InChI=1S/C22H21F3N4O5S/c23-22(24,25)35(33,34)17-6-4-16(5-7-17)29-19(30)14-28(21(29)32)13-15-8-9-26-18(12-15)20(31)27-10-2-1-3-11-27/h4-9,12,14,30H,1-3,10-11,13H2. The number of likely N-dealkylation sites (tertiary alicyclic amines) is 1. The van der Waals surface area contributed by atoms with E-state index in [9.17, 15) is 36.3 Å². The summed E-state index contributed by atoms with van der Waals surface area (Å²) in [5.41, 5.74) is -5.39. The van der Waals surface area contributed by atoms with Crippen molar-refractivity contribution in [1.29, 1.82) is 0 Å². The molecule has 0 aliphatic carbocycles. The average Bonchev–Trinajstić information content (AvgIpc) is 3.11. The van der Waals surface area contributed by atoms with Crippen LogP contribution in [0, 0.1) is 0 Å². The van der Waals surface area contributed by atoms with Crippen LogP contribution in [0.1, 0.15) is 35.3 Å². The SMILES string of the molecule is O=C(c1cc(Cn2cc(O)n(-c3ccc(S(=O)(=O)C(F)(F)F)cc3)c2=O)ccn1)N1CCCCC1. The lowest BCUT2D eigenvalue weighted by Gasteiger charge is -2.26. The number of hydrogen-bond acceptors (Lipinski definition) is 6. The summed E-state index contributed by atoms with van der Waals surface area (Å²) in [5.74, 6) is -0.701. The van der Waals surface area contributed by atoms with E-state index in [2.05, 4.69) is 4.98 Å². The molecule has 35 heavy (non-hydrogen) atoms. The molecular formula is C22H21F3N4O5S. The van der Waals surface area contributed by atoms with Gasteiger partial charge in [0.2, 0.25) is 5.88 Å². The molecular weight excluding hydrogens is 489 g/mol. The zero-order chi connectivity index (χ0) is 25.4. The van der Waals surface area contributed by atoms with Crippen molar-refractivity contribution in [2.24, 2.45) is 0 Å². The van der Waals surface area contributed by atoms with Gasteiger partial charge in [-0.15, -0.1) is 0 Å². The van der Waals surface area contributed by atoms with Gasteiger partial charge in [-0.2, -0.15) is 13.2 Å². The number of amides is 1. The number of nitrogens with zero attached hydrogens (tertiary/aromatic N) is 4. The molecule has 1 aromatic carbocycles. The number of sulfone groups is 1. The molecule has 1 N–H and O–H groups in total. The van der Waals surface area contributed by atoms with Gasteiger partial charge in [-0.05, 0) is 61.2 Å². The first-order chi connectivity index (χ1) is 16.5. The van der Waals surface area contributed by atoms with Gasteiger partial charge >= 0.3 is 11.2 Å². The van der Waals surface area contributed by atoms with Gasteiger partial charge in [0, 0.05) is 19.3 Å². The molecule has 4 rings (SSSR count). The maximum absolute atomic E-state index is 12.9. The minimum atomic E-state index is -5.54. The highest BCUT2D eigenvalue weighted by Crippen LogP contribution is 2.30. The largest absolute Gasteiger partial charge is 0.501 e. The highest BCUT2D eigenvalue weighted by atomic mass is 32.2. The Kier molecular flexibility index (Phi) is 6.45. The Labute approximate surface area is 198 Å². The van der Waals surface area contributed by atoms with E-state index in [1.54, 1.807) is 17.0 Å². The van der Waals surface area contributed by atoms with Gasteiger partial charge in [-0.3, -0.25) is 14.3 Å². The van der Waals surface area contributed by atoms with E-state index in [0.29, 0.717) is 30.8 Å². The summed E-state index contributed by atoms with van der Waals surface area (Å²) in [7, 11) is -5.54. The highest BCUT2D eigenvalue weighted by molar-refractivity contribution is 7.92. The van der Waals surface area contributed by atoms with Crippen LogP contribution in [0.3, 0.4) is 0 Å². The number of carbonyl (C=O) groups excluding carboxylic acids is 1. The molecule has 3 heterocycles. The summed E-state index contributed by atoms with van der Waals surface area (Å²) >= 11 is 0. The van der Waals surface area contributed by atoms with Gasteiger partial charge in [0.05, 0.1) is 23.3 Å². The zero-order valence-corrected chi connectivity index (χ0v) is 19.1. The lowest BCUT2D eigenvalue weighted by atomic mass is 10.1. The van der Waals surface area contributed by atoms with E-state index in [1.165, 1.54) is 6.20 Å². The molecule has 9 nitrogen and oxygen atoms in total. The van der Waals surface area contributed by atoms with Crippen molar-refractivity contribution in [3.8, 4) is 11.6 Å². The number of piperidine rings is 1. The Morgan fingerprint density at radius 2 is 1.71 bits per heavy atom. The summed E-state index contributed by atoms with van der Waals surface area (Å²) in [6.45, 7) is 1.30. The third-order valence-electron chi connectivity index (χ3n) is 5.69. The molecule has 1 fully saturated rings. The molecule has 2 aromatic heterocycles. The Morgan fingerprint density at radius 3 is 2.34 bits per heavy atom. The maximum atomic E-state index is 12.9. The van der Waals surface area contributed by atoms with Crippen LogP contribution in [0.15, 0.2) is 58.5 Å². The van der Waals surface area contributed by atoms with Gasteiger partial charge in [0.15, 0.2) is 0 Å². The number of pyridine rings is 1. The van der Waals surface area contributed by atoms with Gasteiger partial charge in [0.25, 0.3) is 15.7 Å². The molecule has 0 radical (unpaired) electrons. The Morgan fingerprint density at radius 1 is 1.06 bits per heavy atom. The second-order valence-electron chi connectivity index (χ2n) is 8.08. The van der Waals surface area contributed by atoms with E-state index in [4.69, 9.17) is 0 Å². The maximum Gasteiger partial charge on any atom is 0.501 e. The van der Waals surface area contributed by atoms with E-state index in [1.807, 2.05) is 0 Å². The van der Waals surface area contributed by atoms with Crippen LogP contribution in [0.2, 0.25) is 0 Å². The van der Waals surface area contributed by atoms with Crippen LogP contribution in [-0.4, -0.2) is 57.0 Å². The van der Waals surface area contributed by atoms with Crippen LogP contribution in [0.5, 0.6) is 5.88 Å². The number of halogens is 3. The van der Waals surface area contributed by atoms with Crippen LogP contribution < -0.4 is 5.69 Å². The first-order valence-corrected chi connectivity index (χ1v) is 12.1. The smallest absolute Gasteiger partial charge is 0.493 e. The zero-order valence-electron chi connectivity index (χ0n) is 18.3. The molecule has 0 atom stereocenters. The molecule has 0 unspecified atom stereocenters.